The Balaban J connectivity index is 1.61. The van der Waals surface area contributed by atoms with Crippen molar-refractivity contribution < 1.29 is 31.8 Å². The number of carbonyl (C=O) groups is 1. The molecule has 4 nitrogen and oxygen atoms in total. The second-order valence-electron chi connectivity index (χ2n) is 5.66. The molecule has 0 fully saturated rings. The van der Waals surface area contributed by atoms with Crippen LogP contribution >= 0.6 is 22.9 Å². The summed E-state index contributed by atoms with van der Waals surface area (Å²) >= 11 is 6.98. The van der Waals surface area contributed by atoms with Gasteiger partial charge in [-0.25, -0.2) is 8.78 Å². The number of amides is 1. The molecule has 0 saturated heterocycles. The molecule has 2 aromatic carbocycles. The summed E-state index contributed by atoms with van der Waals surface area (Å²) in [6.07, 6.45) is 0. The van der Waals surface area contributed by atoms with Gasteiger partial charge in [0, 0.05) is 17.3 Å². The van der Waals surface area contributed by atoms with E-state index in [1.165, 1.54) is 24.3 Å². The van der Waals surface area contributed by atoms with Gasteiger partial charge < -0.3 is 14.8 Å². The predicted octanol–water partition coefficient (Wildman–Crippen LogP) is 6.11. The summed E-state index contributed by atoms with van der Waals surface area (Å²) in [5.74, 6) is -2.30. The molecule has 29 heavy (non-hydrogen) atoms. The lowest BCUT2D eigenvalue weighted by Crippen LogP contribution is -2.10. The van der Waals surface area contributed by atoms with Gasteiger partial charge in [-0.2, -0.15) is 8.78 Å². The minimum absolute atomic E-state index is 0.0160. The lowest BCUT2D eigenvalue weighted by Gasteiger charge is -2.09. The zero-order chi connectivity index (χ0) is 21.0. The first-order valence-corrected chi connectivity index (χ1v) is 9.28. The van der Waals surface area contributed by atoms with Gasteiger partial charge in [0.25, 0.3) is 5.91 Å². The highest BCUT2D eigenvalue weighted by Gasteiger charge is 2.13. The number of rotatable bonds is 7. The molecule has 0 spiro atoms. The second-order valence-corrected chi connectivity index (χ2v) is 6.98. The van der Waals surface area contributed by atoms with E-state index in [9.17, 15) is 22.4 Å². The van der Waals surface area contributed by atoms with Crippen LogP contribution in [-0.2, 0) is 6.61 Å². The summed E-state index contributed by atoms with van der Waals surface area (Å²) in [6.45, 7) is -3.03. The third-order valence-corrected chi connectivity index (χ3v) is 4.84. The molecule has 3 rings (SSSR count). The summed E-state index contributed by atoms with van der Waals surface area (Å²) < 4.78 is 60.5. The number of nitrogens with one attached hydrogen (secondary N) is 1. The Hall–Kier alpha value is -2.78. The number of ether oxygens (including phenoxy) is 2. The van der Waals surface area contributed by atoms with Crippen molar-refractivity contribution in [1.82, 2.24) is 0 Å². The number of thiophene rings is 1. The average Bonchev–Trinajstić information content (AvgIpc) is 3.12. The number of carbonyl (C=O) groups excluding carboxylic acids is 1. The lowest BCUT2D eigenvalue weighted by atomic mass is 10.2. The van der Waals surface area contributed by atoms with E-state index in [2.05, 4.69) is 10.1 Å². The highest BCUT2D eigenvalue weighted by molar-refractivity contribution is 7.12. The Morgan fingerprint density at radius 1 is 1.10 bits per heavy atom. The zero-order valence-electron chi connectivity index (χ0n) is 14.4. The molecule has 3 aromatic rings. The van der Waals surface area contributed by atoms with Crippen LogP contribution in [0.25, 0.3) is 0 Å². The number of hydrogen-bond donors (Lipinski definition) is 1. The highest BCUT2D eigenvalue weighted by Crippen LogP contribution is 2.29. The Kier molecular flexibility index (Phi) is 6.60. The van der Waals surface area contributed by atoms with E-state index in [1.807, 2.05) is 0 Å². The smallest absolute Gasteiger partial charge is 0.387 e. The Morgan fingerprint density at radius 3 is 2.55 bits per heavy atom. The minimum atomic E-state index is -3.01. The van der Waals surface area contributed by atoms with Crippen molar-refractivity contribution >= 4 is 34.5 Å². The van der Waals surface area contributed by atoms with Crippen LogP contribution in [-0.4, -0.2) is 12.5 Å². The van der Waals surface area contributed by atoms with E-state index in [0.29, 0.717) is 22.2 Å². The van der Waals surface area contributed by atoms with Crippen LogP contribution in [0.1, 0.15) is 15.2 Å². The largest absolute Gasteiger partial charge is 0.486 e. The van der Waals surface area contributed by atoms with Crippen LogP contribution in [0.4, 0.5) is 23.2 Å². The third-order valence-electron chi connectivity index (χ3n) is 3.57. The Bertz CT molecular complexity index is 1030. The molecular formula is C19H12ClF4NO3S. The molecule has 0 aliphatic heterocycles. The molecule has 152 valence electrons. The first-order valence-electron chi connectivity index (χ1n) is 8.03. The van der Waals surface area contributed by atoms with Crippen molar-refractivity contribution in [2.75, 3.05) is 5.32 Å². The molecular weight excluding hydrogens is 434 g/mol. The fraction of sp³-hybridized carbons (Fsp3) is 0.105. The zero-order valence-corrected chi connectivity index (χ0v) is 16.0. The molecule has 1 aromatic heterocycles. The number of hydrogen-bond acceptors (Lipinski definition) is 4. The summed E-state index contributed by atoms with van der Waals surface area (Å²) in [7, 11) is 0. The fourth-order valence-electron chi connectivity index (χ4n) is 2.29. The molecule has 0 aliphatic rings. The summed E-state index contributed by atoms with van der Waals surface area (Å²) in [5.41, 5.74) is 0.906. The molecule has 1 amide bonds. The van der Waals surface area contributed by atoms with E-state index in [4.69, 9.17) is 16.3 Å². The highest BCUT2D eigenvalue weighted by atomic mass is 35.5. The van der Waals surface area contributed by atoms with Crippen LogP contribution in [0, 0.1) is 11.6 Å². The van der Waals surface area contributed by atoms with Crippen molar-refractivity contribution in [3.05, 3.63) is 74.9 Å². The molecule has 0 atom stereocenters. The standard InChI is InChI=1S/C19H12ClF4NO3S/c20-13-7-12(2-4-15(13)28-19(23)24)25-18(26)17-5-10(9-29-17)8-27-16-3-1-11(21)6-14(16)22/h1-7,9,19H,8H2,(H,25,26). The third kappa shape index (κ3) is 5.61. The number of anilines is 1. The number of benzene rings is 2. The molecule has 10 heteroatoms. The van der Waals surface area contributed by atoms with Gasteiger partial charge in [0.2, 0.25) is 0 Å². The van der Waals surface area contributed by atoms with Crippen molar-refractivity contribution in [3.8, 4) is 11.5 Å². The van der Waals surface area contributed by atoms with Crippen LogP contribution in [0.2, 0.25) is 5.02 Å². The van der Waals surface area contributed by atoms with Crippen LogP contribution < -0.4 is 14.8 Å². The van der Waals surface area contributed by atoms with Gasteiger partial charge in [0.05, 0.1) is 9.90 Å². The van der Waals surface area contributed by atoms with Crippen LogP contribution in [0.5, 0.6) is 11.5 Å². The summed E-state index contributed by atoms with van der Waals surface area (Å²) in [5, 5.41) is 4.16. The lowest BCUT2D eigenvalue weighted by molar-refractivity contribution is -0.0497. The summed E-state index contributed by atoms with van der Waals surface area (Å²) in [6, 6.07) is 8.39. The normalized spacial score (nSPS) is 10.8. The van der Waals surface area contributed by atoms with E-state index in [-0.39, 0.29) is 23.1 Å². The molecule has 0 radical (unpaired) electrons. The van der Waals surface area contributed by atoms with Gasteiger partial charge in [0.1, 0.15) is 18.2 Å². The second kappa shape index (κ2) is 9.15. The maximum absolute atomic E-state index is 13.6. The predicted molar refractivity (Wildman–Crippen MR) is 101 cm³/mol. The Labute approximate surface area is 171 Å². The van der Waals surface area contributed by atoms with Gasteiger partial charge >= 0.3 is 6.61 Å². The van der Waals surface area contributed by atoms with Gasteiger partial charge in [0.15, 0.2) is 11.6 Å². The van der Waals surface area contributed by atoms with Crippen molar-refractivity contribution in [3.63, 3.8) is 0 Å². The van der Waals surface area contributed by atoms with Crippen LogP contribution in [0.3, 0.4) is 0 Å². The first kappa shape index (κ1) is 20.9. The SMILES string of the molecule is O=C(Nc1ccc(OC(F)F)c(Cl)c1)c1cc(COc2ccc(F)cc2F)cs1. The number of alkyl halides is 2. The quantitative estimate of drug-likeness (QED) is 0.446. The van der Waals surface area contributed by atoms with Crippen LogP contribution in [0.15, 0.2) is 47.8 Å². The van der Waals surface area contributed by atoms with Crippen molar-refractivity contribution in [1.29, 1.82) is 0 Å². The van der Waals surface area contributed by atoms with E-state index in [0.717, 1.165) is 17.4 Å². The first-order chi connectivity index (χ1) is 13.8. The van der Waals surface area contributed by atoms with E-state index < -0.39 is 24.2 Å². The summed E-state index contributed by atoms with van der Waals surface area (Å²) in [4.78, 5) is 12.7. The molecule has 0 unspecified atom stereocenters. The van der Waals surface area contributed by atoms with Crippen molar-refractivity contribution in [2.45, 2.75) is 13.2 Å². The average molecular weight is 446 g/mol. The fourth-order valence-corrected chi connectivity index (χ4v) is 3.30. The van der Waals surface area contributed by atoms with Crippen molar-refractivity contribution in [2.24, 2.45) is 0 Å². The molecule has 0 aliphatic carbocycles. The molecule has 1 N–H and O–H groups in total. The maximum atomic E-state index is 13.6. The number of halogens is 5. The molecule has 0 saturated carbocycles. The minimum Gasteiger partial charge on any atom is -0.486 e. The van der Waals surface area contributed by atoms with Gasteiger partial charge in [-0.05, 0) is 41.8 Å². The van der Waals surface area contributed by atoms with Gasteiger partial charge in [-0.1, -0.05) is 11.6 Å². The van der Waals surface area contributed by atoms with E-state index >= 15 is 0 Å². The monoisotopic (exact) mass is 445 g/mol. The van der Waals surface area contributed by atoms with E-state index in [1.54, 1.807) is 11.4 Å². The molecule has 1 heterocycles. The van der Waals surface area contributed by atoms with Gasteiger partial charge in [-0.3, -0.25) is 4.79 Å². The Morgan fingerprint density at radius 2 is 1.86 bits per heavy atom. The molecule has 0 bridgehead atoms. The van der Waals surface area contributed by atoms with Gasteiger partial charge in [-0.15, -0.1) is 11.3 Å². The maximum Gasteiger partial charge on any atom is 0.387 e. The topological polar surface area (TPSA) is 47.6 Å².